The lowest BCUT2D eigenvalue weighted by Gasteiger charge is -2.10. The van der Waals surface area contributed by atoms with Crippen molar-refractivity contribution in [3.05, 3.63) is 42.2 Å². The van der Waals surface area contributed by atoms with Crippen molar-refractivity contribution in [1.29, 1.82) is 0 Å². The van der Waals surface area contributed by atoms with Crippen LogP contribution in [0.2, 0.25) is 0 Å². The second-order valence-corrected chi connectivity index (χ2v) is 5.39. The van der Waals surface area contributed by atoms with Crippen LogP contribution in [0.15, 0.2) is 36.7 Å². The van der Waals surface area contributed by atoms with E-state index >= 15 is 0 Å². The summed E-state index contributed by atoms with van der Waals surface area (Å²) in [5.74, 6) is 2.35. The van der Waals surface area contributed by atoms with Crippen LogP contribution in [-0.2, 0) is 0 Å². The van der Waals surface area contributed by atoms with Gasteiger partial charge in [0.1, 0.15) is 18.0 Å². The molecule has 0 radical (unpaired) electrons. The molecule has 0 unspecified atom stereocenters. The van der Waals surface area contributed by atoms with Gasteiger partial charge >= 0.3 is 0 Å². The molecule has 0 atom stereocenters. The number of nitrogens with zero attached hydrogens (tertiary/aromatic N) is 2. The van der Waals surface area contributed by atoms with Crippen LogP contribution in [0.25, 0.3) is 0 Å². The summed E-state index contributed by atoms with van der Waals surface area (Å²) in [5.41, 5.74) is 2.26. The zero-order chi connectivity index (χ0) is 14.4. The Morgan fingerprint density at radius 3 is 2.65 bits per heavy atom. The van der Waals surface area contributed by atoms with Crippen LogP contribution >= 0.6 is 0 Å². The van der Waals surface area contributed by atoms with E-state index in [2.05, 4.69) is 53.5 Å². The smallest absolute Gasteiger partial charge is 0.135 e. The number of rotatable bonds is 6. The van der Waals surface area contributed by atoms with E-state index in [0.29, 0.717) is 5.92 Å². The summed E-state index contributed by atoms with van der Waals surface area (Å²) in [6.45, 7) is 7.43. The molecule has 2 aromatic rings. The Bertz CT molecular complexity index is 552. The third-order valence-electron chi connectivity index (χ3n) is 2.99. The molecular weight excluding hydrogens is 248 g/mol. The highest BCUT2D eigenvalue weighted by Crippen LogP contribution is 2.17. The first-order chi connectivity index (χ1) is 9.63. The van der Waals surface area contributed by atoms with Crippen molar-refractivity contribution < 1.29 is 0 Å². The maximum Gasteiger partial charge on any atom is 0.135 e. The molecule has 0 saturated carbocycles. The van der Waals surface area contributed by atoms with Crippen molar-refractivity contribution in [2.24, 2.45) is 5.92 Å². The van der Waals surface area contributed by atoms with Gasteiger partial charge in [-0.15, -0.1) is 0 Å². The maximum atomic E-state index is 4.25. The largest absolute Gasteiger partial charge is 0.370 e. The van der Waals surface area contributed by atoms with E-state index in [4.69, 9.17) is 0 Å². The second kappa shape index (κ2) is 6.89. The van der Waals surface area contributed by atoms with E-state index < -0.39 is 0 Å². The number of aromatic nitrogens is 2. The van der Waals surface area contributed by atoms with Gasteiger partial charge in [-0.05, 0) is 37.0 Å². The third-order valence-corrected chi connectivity index (χ3v) is 2.99. The van der Waals surface area contributed by atoms with Gasteiger partial charge in [-0.25, -0.2) is 9.97 Å². The van der Waals surface area contributed by atoms with Crippen LogP contribution in [0.3, 0.4) is 0 Å². The molecule has 1 aromatic carbocycles. The molecule has 4 heteroatoms. The molecule has 0 spiro atoms. The van der Waals surface area contributed by atoms with Gasteiger partial charge in [0.2, 0.25) is 0 Å². The van der Waals surface area contributed by atoms with Gasteiger partial charge in [-0.1, -0.05) is 26.0 Å². The Balaban J connectivity index is 1.99. The van der Waals surface area contributed by atoms with Crippen LogP contribution in [0.1, 0.15) is 25.8 Å². The minimum Gasteiger partial charge on any atom is -0.370 e. The lowest BCUT2D eigenvalue weighted by molar-refractivity contribution is 0.606. The maximum absolute atomic E-state index is 4.25. The summed E-state index contributed by atoms with van der Waals surface area (Å²) in [4.78, 5) is 8.48. The number of benzene rings is 1. The fourth-order valence-electron chi connectivity index (χ4n) is 1.88. The van der Waals surface area contributed by atoms with Gasteiger partial charge in [-0.3, -0.25) is 0 Å². The fraction of sp³-hybridized carbons (Fsp3) is 0.375. The van der Waals surface area contributed by atoms with Gasteiger partial charge in [0, 0.05) is 18.3 Å². The first-order valence-corrected chi connectivity index (χ1v) is 7.03. The third kappa shape index (κ3) is 4.53. The lowest BCUT2D eigenvalue weighted by atomic mass is 10.1. The molecule has 0 saturated heterocycles. The molecule has 0 amide bonds. The highest BCUT2D eigenvalue weighted by molar-refractivity contribution is 5.59. The predicted molar refractivity (Wildman–Crippen MR) is 84.4 cm³/mol. The highest BCUT2D eigenvalue weighted by Gasteiger charge is 2.00. The molecule has 0 aliphatic carbocycles. The monoisotopic (exact) mass is 270 g/mol. The van der Waals surface area contributed by atoms with E-state index in [1.165, 1.54) is 5.56 Å². The number of nitrogens with one attached hydrogen (secondary N) is 2. The standard InChI is InChI=1S/C16H22N4/c1-12(2)7-8-17-15-10-16(19-11-18-15)20-14-6-4-5-13(3)9-14/h4-6,9-12H,7-8H2,1-3H3,(H2,17,18,19,20). The molecule has 2 rings (SSSR count). The van der Waals surface area contributed by atoms with Crippen LogP contribution in [0.4, 0.5) is 17.3 Å². The minimum atomic E-state index is 0.689. The van der Waals surface area contributed by atoms with Crippen molar-refractivity contribution >= 4 is 17.3 Å². The molecule has 0 aliphatic rings. The van der Waals surface area contributed by atoms with E-state index in [-0.39, 0.29) is 0 Å². The number of anilines is 3. The number of hydrogen-bond donors (Lipinski definition) is 2. The summed E-state index contributed by atoms with van der Waals surface area (Å²) in [6, 6.07) is 10.2. The predicted octanol–water partition coefficient (Wildman–Crippen LogP) is 3.99. The van der Waals surface area contributed by atoms with Gasteiger partial charge in [0.05, 0.1) is 0 Å². The summed E-state index contributed by atoms with van der Waals surface area (Å²) < 4.78 is 0. The zero-order valence-corrected chi connectivity index (χ0v) is 12.4. The summed E-state index contributed by atoms with van der Waals surface area (Å²) in [7, 11) is 0. The van der Waals surface area contributed by atoms with Crippen LogP contribution in [-0.4, -0.2) is 16.5 Å². The molecule has 0 aliphatic heterocycles. The van der Waals surface area contributed by atoms with Crippen molar-refractivity contribution in [3.8, 4) is 0 Å². The molecule has 4 nitrogen and oxygen atoms in total. The fourth-order valence-corrected chi connectivity index (χ4v) is 1.88. The zero-order valence-electron chi connectivity index (χ0n) is 12.4. The van der Waals surface area contributed by atoms with Gasteiger partial charge in [0.15, 0.2) is 0 Å². The Labute approximate surface area is 120 Å². The van der Waals surface area contributed by atoms with Gasteiger partial charge in [0.25, 0.3) is 0 Å². The van der Waals surface area contributed by atoms with Crippen molar-refractivity contribution in [2.75, 3.05) is 17.2 Å². The molecule has 0 fully saturated rings. The van der Waals surface area contributed by atoms with Crippen LogP contribution in [0, 0.1) is 12.8 Å². The van der Waals surface area contributed by atoms with E-state index in [9.17, 15) is 0 Å². The normalized spacial score (nSPS) is 10.6. The van der Waals surface area contributed by atoms with E-state index in [1.54, 1.807) is 6.33 Å². The Morgan fingerprint density at radius 1 is 1.10 bits per heavy atom. The first kappa shape index (κ1) is 14.3. The Kier molecular flexibility index (Phi) is 4.93. The number of aryl methyl sites for hydroxylation is 1. The van der Waals surface area contributed by atoms with Gasteiger partial charge < -0.3 is 10.6 Å². The molecule has 2 N–H and O–H groups in total. The van der Waals surface area contributed by atoms with E-state index in [0.717, 1.165) is 30.3 Å². The van der Waals surface area contributed by atoms with Crippen molar-refractivity contribution in [2.45, 2.75) is 27.2 Å². The topological polar surface area (TPSA) is 49.8 Å². The average molecular weight is 270 g/mol. The summed E-state index contributed by atoms with van der Waals surface area (Å²) >= 11 is 0. The van der Waals surface area contributed by atoms with Crippen LogP contribution < -0.4 is 10.6 Å². The quantitative estimate of drug-likeness (QED) is 0.833. The summed E-state index contributed by atoms with van der Waals surface area (Å²) in [6.07, 6.45) is 2.71. The van der Waals surface area contributed by atoms with Crippen molar-refractivity contribution in [3.63, 3.8) is 0 Å². The first-order valence-electron chi connectivity index (χ1n) is 7.03. The van der Waals surface area contributed by atoms with E-state index in [1.807, 2.05) is 18.2 Å². The minimum absolute atomic E-state index is 0.689. The average Bonchev–Trinajstić information content (AvgIpc) is 2.39. The van der Waals surface area contributed by atoms with Crippen LogP contribution in [0.5, 0.6) is 0 Å². The summed E-state index contributed by atoms with van der Waals surface area (Å²) in [5, 5.41) is 6.62. The molecule has 1 aromatic heterocycles. The Hall–Kier alpha value is -2.10. The van der Waals surface area contributed by atoms with Gasteiger partial charge in [-0.2, -0.15) is 0 Å². The molecule has 20 heavy (non-hydrogen) atoms. The second-order valence-electron chi connectivity index (χ2n) is 5.39. The molecular formula is C16H22N4. The molecule has 0 bridgehead atoms. The van der Waals surface area contributed by atoms with Crippen molar-refractivity contribution in [1.82, 2.24) is 9.97 Å². The Morgan fingerprint density at radius 2 is 1.90 bits per heavy atom. The highest BCUT2D eigenvalue weighted by atomic mass is 15.1. The SMILES string of the molecule is Cc1cccc(Nc2cc(NCCC(C)C)ncn2)c1. The molecule has 1 heterocycles. The molecule has 106 valence electrons. The number of hydrogen-bond acceptors (Lipinski definition) is 4. The lowest BCUT2D eigenvalue weighted by Crippen LogP contribution is -2.07.